The number of aliphatic hydroxyl groups excluding tert-OH is 1. The van der Waals surface area contributed by atoms with Crippen molar-refractivity contribution in [3.63, 3.8) is 0 Å². The maximum Gasteiger partial charge on any atom is 0.166 e. The maximum atomic E-state index is 13.6. The van der Waals surface area contributed by atoms with Gasteiger partial charge in [0.05, 0.1) is 24.6 Å². The van der Waals surface area contributed by atoms with Gasteiger partial charge in [-0.15, -0.1) is 10.2 Å². The molecule has 1 aliphatic rings. The average Bonchev–Trinajstić information content (AvgIpc) is 3.13. The summed E-state index contributed by atoms with van der Waals surface area (Å²) in [6.07, 6.45) is 1.37. The first-order valence-corrected chi connectivity index (χ1v) is 13.2. The van der Waals surface area contributed by atoms with Gasteiger partial charge in [0.1, 0.15) is 11.9 Å². The van der Waals surface area contributed by atoms with E-state index in [1.54, 1.807) is 23.9 Å². The van der Waals surface area contributed by atoms with E-state index in [1.165, 1.54) is 0 Å². The predicted molar refractivity (Wildman–Crippen MR) is 129 cm³/mol. The van der Waals surface area contributed by atoms with Crippen molar-refractivity contribution in [1.82, 2.24) is 24.7 Å². The zero-order chi connectivity index (χ0) is 25.3. The van der Waals surface area contributed by atoms with Crippen molar-refractivity contribution in [3.05, 3.63) is 58.9 Å². The number of sulfone groups is 1. The van der Waals surface area contributed by atoms with E-state index in [1.807, 2.05) is 45.9 Å². The van der Waals surface area contributed by atoms with Gasteiger partial charge in [-0.25, -0.2) is 18.4 Å². The largest absolute Gasteiger partial charge is 0.392 e. The lowest BCUT2D eigenvalue weighted by Gasteiger charge is -2.25. The van der Waals surface area contributed by atoms with Crippen LogP contribution in [0.1, 0.15) is 61.4 Å². The fraction of sp³-hybridized carbons (Fsp3) is 0.500. The van der Waals surface area contributed by atoms with E-state index in [0.717, 1.165) is 22.3 Å². The van der Waals surface area contributed by atoms with Crippen molar-refractivity contribution in [3.8, 4) is 11.4 Å². The Labute approximate surface area is 205 Å². The van der Waals surface area contributed by atoms with Crippen LogP contribution in [-0.4, -0.2) is 56.2 Å². The van der Waals surface area contributed by atoms with Crippen molar-refractivity contribution in [2.75, 3.05) is 6.61 Å². The van der Waals surface area contributed by atoms with Gasteiger partial charge >= 0.3 is 0 Å². The maximum absolute atomic E-state index is 13.6. The lowest BCUT2D eigenvalue weighted by Crippen LogP contribution is -2.32. The molecule has 0 saturated carbocycles. The number of fused-ring (bicyclic) bond motifs is 3. The highest BCUT2D eigenvalue weighted by atomic mass is 32.2. The van der Waals surface area contributed by atoms with Crippen molar-refractivity contribution in [1.29, 1.82) is 0 Å². The van der Waals surface area contributed by atoms with E-state index in [0.29, 0.717) is 11.6 Å². The van der Waals surface area contributed by atoms with Gasteiger partial charge in [-0.1, -0.05) is 17.7 Å². The topological polar surface area (TPSA) is 129 Å². The molecular formula is C24H31N5O5S. The summed E-state index contributed by atoms with van der Waals surface area (Å²) in [5.41, 5.74) is 3.59. The minimum atomic E-state index is -3.81. The Morgan fingerprint density at radius 3 is 2.51 bits per heavy atom. The van der Waals surface area contributed by atoms with Crippen LogP contribution in [0, 0.1) is 13.8 Å². The first kappa shape index (κ1) is 25.4. The summed E-state index contributed by atoms with van der Waals surface area (Å²) >= 11 is 0. The molecule has 2 aromatic heterocycles. The van der Waals surface area contributed by atoms with Crippen LogP contribution in [0.15, 0.2) is 30.6 Å². The van der Waals surface area contributed by atoms with Gasteiger partial charge in [-0.3, -0.25) is 4.57 Å². The highest BCUT2D eigenvalue weighted by Crippen LogP contribution is 2.34. The lowest BCUT2D eigenvalue weighted by molar-refractivity contribution is -0.0421. The van der Waals surface area contributed by atoms with E-state index in [9.17, 15) is 13.5 Å². The van der Waals surface area contributed by atoms with Crippen LogP contribution in [-0.2, 0) is 31.7 Å². The Balaban J connectivity index is 1.71. The normalized spacial score (nSPS) is 17.5. The Bertz CT molecular complexity index is 1290. The molecule has 1 aliphatic heterocycles. The number of hydrogen-bond donors (Lipinski definition) is 1. The Morgan fingerprint density at radius 2 is 1.86 bits per heavy atom. The third kappa shape index (κ3) is 5.27. The fourth-order valence-electron chi connectivity index (χ4n) is 4.05. The quantitative estimate of drug-likeness (QED) is 0.495. The molecule has 0 unspecified atom stereocenters. The van der Waals surface area contributed by atoms with Crippen LogP contribution < -0.4 is 0 Å². The second-order valence-corrected chi connectivity index (χ2v) is 11.5. The van der Waals surface area contributed by atoms with Gasteiger partial charge in [0.15, 0.2) is 33.5 Å². The van der Waals surface area contributed by atoms with Crippen molar-refractivity contribution in [2.45, 2.75) is 70.7 Å². The molecule has 0 saturated heterocycles. The summed E-state index contributed by atoms with van der Waals surface area (Å²) in [5, 5.41) is 17.6. The SMILES string of the molecule is Cc1cnc([C@H](OC(C)C)[C@H](C)S(=O)(=O)Cc2nnc3n2[C@@H](CO)OCc2ccc(C)cc2-3)nc1. The summed E-state index contributed by atoms with van der Waals surface area (Å²) in [7, 11) is -3.81. The van der Waals surface area contributed by atoms with E-state index in [-0.39, 0.29) is 25.1 Å². The second kappa shape index (κ2) is 10.1. The molecule has 188 valence electrons. The molecule has 0 fully saturated rings. The van der Waals surface area contributed by atoms with Gasteiger partial charge in [0.25, 0.3) is 0 Å². The number of aromatic nitrogens is 5. The molecule has 0 spiro atoms. The molecule has 35 heavy (non-hydrogen) atoms. The number of ether oxygens (including phenoxy) is 2. The predicted octanol–water partition coefficient (Wildman–Crippen LogP) is 2.84. The van der Waals surface area contributed by atoms with Crippen molar-refractivity contribution >= 4 is 9.84 Å². The molecule has 0 amide bonds. The number of benzene rings is 1. The van der Waals surface area contributed by atoms with Gasteiger partial charge in [0.2, 0.25) is 0 Å². The monoisotopic (exact) mass is 501 g/mol. The molecule has 11 heteroatoms. The van der Waals surface area contributed by atoms with Crippen LogP contribution >= 0.6 is 0 Å². The number of nitrogens with zero attached hydrogens (tertiary/aromatic N) is 5. The molecule has 1 N–H and O–H groups in total. The number of aliphatic hydroxyl groups is 1. The van der Waals surface area contributed by atoms with Crippen LogP contribution in [0.3, 0.4) is 0 Å². The summed E-state index contributed by atoms with van der Waals surface area (Å²) in [6, 6.07) is 5.87. The molecule has 10 nitrogen and oxygen atoms in total. The van der Waals surface area contributed by atoms with E-state index < -0.39 is 33.2 Å². The molecule has 1 aromatic carbocycles. The van der Waals surface area contributed by atoms with Crippen LogP contribution in [0.4, 0.5) is 0 Å². The Morgan fingerprint density at radius 1 is 1.14 bits per heavy atom. The Kier molecular flexibility index (Phi) is 7.32. The van der Waals surface area contributed by atoms with Gasteiger partial charge < -0.3 is 14.6 Å². The number of aryl methyl sites for hydroxylation is 2. The Hall–Kier alpha value is -2.73. The minimum Gasteiger partial charge on any atom is -0.392 e. The smallest absolute Gasteiger partial charge is 0.166 e. The number of hydrogen-bond acceptors (Lipinski definition) is 9. The zero-order valence-electron chi connectivity index (χ0n) is 20.5. The van der Waals surface area contributed by atoms with E-state index in [2.05, 4.69) is 20.2 Å². The first-order chi connectivity index (χ1) is 16.6. The average molecular weight is 502 g/mol. The molecule has 3 aromatic rings. The van der Waals surface area contributed by atoms with E-state index in [4.69, 9.17) is 9.47 Å². The third-order valence-electron chi connectivity index (χ3n) is 5.95. The fourth-order valence-corrected chi connectivity index (χ4v) is 5.43. The third-order valence-corrected chi connectivity index (χ3v) is 7.99. The van der Waals surface area contributed by atoms with Crippen LogP contribution in [0.25, 0.3) is 11.4 Å². The van der Waals surface area contributed by atoms with Crippen LogP contribution in [0.5, 0.6) is 0 Å². The standard InChI is InChI=1S/C24H31N5O5S/c1-14(2)34-22(23-25-9-16(4)10-26-23)17(5)35(31,32)13-20-27-28-24-19-8-15(3)6-7-18(19)12-33-21(11-30)29(20)24/h6-10,14,17,21-22,30H,11-13H2,1-5H3/t17-,21+,22+/m0/s1. The molecule has 3 atom stereocenters. The number of rotatable bonds is 8. The van der Waals surface area contributed by atoms with Crippen molar-refractivity contribution < 1.29 is 23.0 Å². The minimum absolute atomic E-state index is 0.188. The summed E-state index contributed by atoms with van der Waals surface area (Å²) < 4.78 is 40.7. The molecule has 0 radical (unpaired) electrons. The summed E-state index contributed by atoms with van der Waals surface area (Å²) in [6.45, 7) is 9.00. The van der Waals surface area contributed by atoms with Gasteiger partial charge in [-0.05, 0) is 51.8 Å². The van der Waals surface area contributed by atoms with Crippen LogP contribution in [0.2, 0.25) is 0 Å². The summed E-state index contributed by atoms with van der Waals surface area (Å²) in [5.74, 6) is 0.552. The van der Waals surface area contributed by atoms with Crippen molar-refractivity contribution in [2.24, 2.45) is 0 Å². The second-order valence-electron chi connectivity index (χ2n) is 9.16. The van der Waals surface area contributed by atoms with E-state index >= 15 is 0 Å². The molecular weight excluding hydrogens is 470 g/mol. The zero-order valence-corrected chi connectivity index (χ0v) is 21.4. The highest BCUT2D eigenvalue weighted by molar-refractivity contribution is 7.91. The molecule has 0 bridgehead atoms. The molecule has 0 aliphatic carbocycles. The molecule has 4 rings (SSSR count). The van der Waals surface area contributed by atoms with Gasteiger partial charge in [-0.2, -0.15) is 0 Å². The van der Waals surface area contributed by atoms with Gasteiger partial charge in [0, 0.05) is 18.0 Å². The molecule has 3 heterocycles. The summed E-state index contributed by atoms with van der Waals surface area (Å²) in [4.78, 5) is 8.64. The lowest BCUT2D eigenvalue weighted by atomic mass is 10.0. The first-order valence-electron chi connectivity index (χ1n) is 11.5. The highest BCUT2D eigenvalue weighted by Gasteiger charge is 2.37.